The van der Waals surface area contributed by atoms with Gasteiger partial charge in [-0.25, -0.2) is 0 Å². The maximum absolute atomic E-state index is 12.8. The number of hydrogen-bond donors (Lipinski definition) is 2. The lowest BCUT2D eigenvalue weighted by molar-refractivity contribution is -0.164. The summed E-state index contributed by atoms with van der Waals surface area (Å²) in [6, 6.07) is 7.33. The lowest BCUT2D eigenvalue weighted by Crippen LogP contribution is -2.46. The number of esters is 1. The van der Waals surface area contributed by atoms with Gasteiger partial charge in [-0.15, -0.1) is 0 Å². The number of hydrogen-bond acceptors (Lipinski definition) is 6. The van der Waals surface area contributed by atoms with Crippen LogP contribution in [0.2, 0.25) is 0 Å². The topological polar surface area (TPSA) is 112 Å². The first-order chi connectivity index (χ1) is 14.9. The second kappa shape index (κ2) is 10.4. The third-order valence-corrected chi connectivity index (χ3v) is 5.36. The minimum Gasteiger partial charge on any atom is -0.433 e. The van der Waals surface area contributed by atoms with Crippen molar-refractivity contribution < 1.29 is 23.9 Å². The van der Waals surface area contributed by atoms with Crippen molar-refractivity contribution in [1.29, 1.82) is 0 Å². The number of nitrogens with zero attached hydrogens (tertiary/aromatic N) is 2. The van der Waals surface area contributed by atoms with E-state index in [0.717, 1.165) is 10.9 Å². The van der Waals surface area contributed by atoms with Crippen LogP contribution in [0.4, 0.5) is 0 Å². The summed E-state index contributed by atoms with van der Waals surface area (Å²) < 4.78 is 12.3. The van der Waals surface area contributed by atoms with Gasteiger partial charge in [0.1, 0.15) is 6.04 Å². The third kappa shape index (κ3) is 5.81. The molecule has 0 bridgehead atoms. The molecule has 3 rings (SSSR count). The van der Waals surface area contributed by atoms with Crippen molar-refractivity contribution in [2.24, 2.45) is 11.8 Å². The molecule has 1 fully saturated rings. The summed E-state index contributed by atoms with van der Waals surface area (Å²) in [7, 11) is 0. The highest BCUT2D eigenvalue weighted by Crippen LogP contribution is 2.20. The Labute approximate surface area is 181 Å². The van der Waals surface area contributed by atoms with Crippen LogP contribution < -0.4 is 10.6 Å². The first kappa shape index (κ1) is 22.7. The number of nitrogens with one attached hydrogen (secondary N) is 2. The molecule has 0 radical (unpaired) electrons. The fraction of sp³-hybridized carbons (Fsp3) is 0.545. The normalized spacial score (nSPS) is 19.4. The molecule has 2 amide bonds. The molecule has 1 aromatic heterocycles. The van der Waals surface area contributed by atoms with Crippen molar-refractivity contribution in [1.82, 2.24) is 20.4 Å². The van der Waals surface area contributed by atoms with E-state index in [2.05, 4.69) is 15.7 Å². The molecule has 1 aromatic carbocycles. The molecular formula is C22H30N4O5. The Bertz CT molecular complexity index is 926. The molecule has 1 saturated heterocycles. The zero-order valence-electron chi connectivity index (χ0n) is 18.2. The average Bonchev–Trinajstić information content (AvgIpc) is 3.29. The summed E-state index contributed by atoms with van der Waals surface area (Å²) >= 11 is 0. The van der Waals surface area contributed by atoms with Gasteiger partial charge in [-0.3, -0.25) is 19.1 Å². The number of ether oxygens (including phenoxy) is 2. The van der Waals surface area contributed by atoms with Gasteiger partial charge in [0.15, 0.2) is 0 Å². The van der Waals surface area contributed by atoms with Crippen LogP contribution in [0.25, 0.3) is 10.9 Å². The molecule has 3 atom stereocenters. The summed E-state index contributed by atoms with van der Waals surface area (Å²) in [5, 5.41) is 11.1. The first-order valence-corrected chi connectivity index (χ1v) is 10.7. The molecule has 3 unspecified atom stereocenters. The fourth-order valence-electron chi connectivity index (χ4n) is 3.67. The SMILES string of the molecule is CCOC1OC(=O)CC1NC(=O)C(CC(=O)NCCn1ncc2ccccc21)C(C)C. The van der Waals surface area contributed by atoms with E-state index < -0.39 is 24.2 Å². The van der Waals surface area contributed by atoms with Crippen LogP contribution in [0.3, 0.4) is 0 Å². The summed E-state index contributed by atoms with van der Waals surface area (Å²) in [6.45, 7) is 6.89. The van der Waals surface area contributed by atoms with Crippen LogP contribution in [-0.2, 0) is 30.4 Å². The summed E-state index contributed by atoms with van der Waals surface area (Å²) in [4.78, 5) is 36.9. The Morgan fingerprint density at radius 3 is 2.84 bits per heavy atom. The number of fused-ring (bicyclic) bond motifs is 1. The van der Waals surface area contributed by atoms with Gasteiger partial charge in [-0.1, -0.05) is 32.0 Å². The number of para-hydroxylation sites is 1. The minimum absolute atomic E-state index is 0.0515. The Hall–Kier alpha value is -2.94. The zero-order chi connectivity index (χ0) is 22.4. The zero-order valence-corrected chi connectivity index (χ0v) is 18.2. The van der Waals surface area contributed by atoms with Crippen LogP contribution in [0.15, 0.2) is 30.5 Å². The highest BCUT2D eigenvalue weighted by Gasteiger charge is 2.38. The van der Waals surface area contributed by atoms with Crippen molar-refractivity contribution >= 4 is 28.7 Å². The Kier molecular flexibility index (Phi) is 7.62. The molecule has 2 heterocycles. The molecule has 1 aliphatic heterocycles. The van der Waals surface area contributed by atoms with E-state index in [1.165, 1.54) is 0 Å². The standard InChI is InChI=1S/C22H30N4O5/c1-4-30-22-17(12-20(28)31-22)25-21(29)16(14(2)3)11-19(27)23-9-10-26-18-8-6-5-7-15(18)13-24-26/h5-8,13-14,16-17,22H,4,9-12H2,1-3H3,(H,23,27)(H,25,29). The van der Waals surface area contributed by atoms with Gasteiger partial charge >= 0.3 is 5.97 Å². The minimum atomic E-state index is -0.785. The highest BCUT2D eigenvalue weighted by atomic mass is 16.7. The van der Waals surface area contributed by atoms with Gasteiger partial charge in [0.25, 0.3) is 0 Å². The average molecular weight is 431 g/mol. The van der Waals surface area contributed by atoms with E-state index >= 15 is 0 Å². The van der Waals surface area contributed by atoms with E-state index in [1.807, 2.05) is 42.8 Å². The second-order valence-corrected chi connectivity index (χ2v) is 7.96. The van der Waals surface area contributed by atoms with E-state index in [-0.39, 0.29) is 30.6 Å². The number of carbonyl (C=O) groups is 3. The van der Waals surface area contributed by atoms with Crippen LogP contribution in [0.1, 0.15) is 33.6 Å². The molecule has 0 saturated carbocycles. The lowest BCUT2D eigenvalue weighted by Gasteiger charge is -2.24. The van der Waals surface area contributed by atoms with Crippen LogP contribution in [0.5, 0.6) is 0 Å². The smallest absolute Gasteiger partial charge is 0.310 e. The van der Waals surface area contributed by atoms with Crippen LogP contribution >= 0.6 is 0 Å². The van der Waals surface area contributed by atoms with Gasteiger partial charge < -0.3 is 20.1 Å². The van der Waals surface area contributed by atoms with E-state index in [9.17, 15) is 14.4 Å². The van der Waals surface area contributed by atoms with Crippen molar-refractivity contribution in [2.75, 3.05) is 13.2 Å². The number of aromatic nitrogens is 2. The largest absolute Gasteiger partial charge is 0.433 e. The number of amides is 2. The Morgan fingerprint density at radius 1 is 1.32 bits per heavy atom. The maximum atomic E-state index is 12.8. The Balaban J connectivity index is 1.51. The number of cyclic esters (lactones) is 1. The monoisotopic (exact) mass is 430 g/mol. The van der Waals surface area contributed by atoms with Gasteiger partial charge in [0, 0.05) is 30.9 Å². The third-order valence-electron chi connectivity index (χ3n) is 5.36. The quantitative estimate of drug-likeness (QED) is 0.554. The molecule has 9 heteroatoms. The van der Waals surface area contributed by atoms with Crippen molar-refractivity contribution in [3.05, 3.63) is 30.5 Å². The summed E-state index contributed by atoms with van der Waals surface area (Å²) in [5.41, 5.74) is 1.01. The Morgan fingerprint density at radius 2 is 2.10 bits per heavy atom. The van der Waals surface area contributed by atoms with Gasteiger partial charge in [0.05, 0.1) is 24.7 Å². The lowest BCUT2D eigenvalue weighted by atomic mass is 9.91. The molecule has 0 spiro atoms. The predicted molar refractivity (Wildman–Crippen MR) is 114 cm³/mol. The molecular weight excluding hydrogens is 400 g/mol. The molecule has 168 valence electrons. The summed E-state index contributed by atoms with van der Waals surface area (Å²) in [6.07, 6.45) is 1.13. The number of benzene rings is 1. The number of carbonyl (C=O) groups excluding carboxylic acids is 3. The van der Waals surface area contributed by atoms with Crippen molar-refractivity contribution in [2.45, 2.75) is 52.5 Å². The van der Waals surface area contributed by atoms with Gasteiger partial charge in [-0.05, 0) is 18.9 Å². The second-order valence-electron chi connectivity index (χ2n) is 7.96. The molecule has 2 N–H and O–H groups in total. The van der Waals surface area contributed by atoms with Crippen LogP contribution in [0, 0.1) is 11.8 Å². The molecule has 31 heavy (non-hydrogen) atoms. The fourth-order valence-corrected chi connectivity index (χ4v) is 3.67. The number of rotatable bonds is 10. The van der Waals surface area contributed by atoms with Crippen molar-refractivity contribution in [3.8, 4) is 0 Å². The molecule has 0 aliphatic carbocycles. The molecule has 9 nitrogen and oxygen atoms in total. The van der Waals surface area contributed by atoms with Gasteiger partial charge in [0.2, 0.25) is 18.1 Å². The van der Waals surface area contributed by atoms with E-state index in [0.29, 0.717) is 19.7 Å². The van der Waals surface area contributed by atoms with Crippen LogP contribution in [-0.4, -0.2) is 53.0 Å². The highest BCUT2D eigenvalue weighted by molar-refractivity contribution is 5.86. The van der Waals surface area contributed by atoms with E-state index in [1.54, 1.807) is 13.1 Å². The maximum Gasteiger partial charge on any atom is 0.310 e. The van der Waals surface area contributed by atoms with Gasteiger partial charge in [-0.2, -0.15) is 5.10 Å². The molecule has 1 aliphatic rings. The molecule has 2 aromatic rings. The predicted octanol–water partition coefficient (Wildman–Crippen LogP) is 1.61. The summed E-state index contributed by atoms with van der Waals surface area (Å²) in [5.74, 6) is -1.47. The van der Waals surface area contributed by atoms with E-state index in [4.69, 9.17) is 9.47 Å². The first-order valence-electron chi connectivity index (χ1n) is 10.7. The van der Waals surface area contributed by atoms with Crippen molar-refractivity contribution in [3.63, 3.8) is 0 Å².